The molecule has 19 heavy (non-hydrogen) atoms. The van der Waals surface area contributed by atoms with Crippen molar-refractivity contribution in [3.63, 3.8) is 0 Å². The number of halogens is 2. The number of hydrogen-bond acceptors (Lipinski definition) is 5. The lowest BCUT2D eigenvalue weighted by atomic mass is 10.3. The Morgan fingerprint density at radius 1 is 1.32 bits per heavy atom. The molecule has 0 fully saturated rings. The third kappa shape index (κ3) is 2.17. The molecule has 1 aromatic carbocycles. The lowest BCUT2D eigenvalue weighted by Gasteiger charge is -2.04. The zero-order chi connectivity index (χ0) is 13.5. The topological polar surface area (TPSA) is 89.1 Å². The Morgan fingerprint density at radius 3 is 2.84 bits per heavy atom. The van der Waals surface area contributed by atoms with Crippen LogP contribution in [0.2, 0.25) is 0 Å². The van der Waals surface area contributed by atoms with Gasteiger partial charge in [-0.3, -0.25) is 9.89 Å². The van der Waals surface area contributed by atoms with Gasteiger partial charge in [0, 0.05) is 11.8 Å². The van der Waals surface area contributed by atoms with Gasteiger partial charge in [-0.2, -0.15) is 5.10 Å². The molecular formula is C10H6F2N4O3. The van der Waals surface area contributed by atoms with Crippen molar-refractivity contribution in [3.8, 4) is 11.5 Å². The van der Waals surface area contributed by atoms with Crippen LogP contribution in [0, 0.1) is 0 Å². The van der Waals surface area contributed by atoms with Crippen molar-refractivity contribution in [2.24, 2.45) is 0 Å². The summed E-state index contributed by atoms with van der Waals surface area (Å²) >= 11 is 0. The first-order chi connectivity index (χ1) is 9.03. The van der Waals surface area contributed by atoms with E-state index in [1.54, 1.807) is 0 Å². The molecule has 0 saturated heterocycles. The number of aromatic nitrogens is 3. The van der Waals surface area contributed by atoms with Crippen LogP contribution >= 0.6 is 0 Å². The minimum Gasteiger partial charge on any atom is -0.395 e. The van der Waals surface area contributed by atoms with Gasteiger partial charge in [0.25, 0.3) is 5.91 Å². The lowest BCUT2D eigenvalue weighted by molar-refractivity contribution is -0.286. The first-order valence-electron chi connectivity index (χ1n) is 5.10. The minimum atomic E-state index is -3.68. The number of H-pyrrole nitrogens is 1. The van der Waals surface area contributed by atoms with Crippen molar-refractivity contribution in [2.45, 2.75) is 6.29 Å². The second-order valence-corrected chi connectivity index (χ2v) is 3.62. The average Bonchev–Trinajstić information content (AvgIpc) is 2.93. The monoisotopic (exact) mass is 268 g/mol. The fourth-order valence-electron chi connectivity index (χ4n) is 1.53. The van der Waals surface area contributed by atoms with Crippen LogP contribution in [0.15, 0.2) is 24.5 Å². The van der Waals surface area contributed by atoms with Crippen LogP contribution < -0.4 is 14.8 Å². The number of rotatable bonds is 2. The third-order valence-corrected chi connectivity index (χ3v) is 2.29. The van der Waals surface area contributed by atoms with Crippen molar-refractivity contribution in [2.75, 3.05) is 5.32 Å². The van der Waals surface area contributed by atoms with E-state index in [1.807, 2.05) is 0 Å². The molecule has 0 bridgehead atoms. The zero-order valence-electron chi connectivity index (χ0n) is 9.18. The first kappa shape index (κ1) is 11.4. The van der Waals surface area contributed by atoms with Gasteiger partial charge in [-0.05, 0) is 12.1 Å². The lowest BCUT2D eigenvalue weighted by Crippen LogP contribution is -2.25. The summed E-state index contributed by atoms with van der Waals surface area (Å²) in [6, 6.07) is 3.90. The van der Waals surface area contributed by atoms with Crippen molar-refractivity contribution in [3.05, 3.63) is 30.4 Å². The number of carbonyl (C=O) groups is 1. The molecule has 0 unspecified atom stereocenters. The van der Waals surface area contributed by atoms with Crippen LogP contribution in [0.25, 0.3) is 0 Å². The molecule has 1 amide bonds. The number of ether oxygens (including phenoxy) is 2. The van der Waals surface area contributed by atoms with Gasteiger partial charge in [0.15, 0.2) is 11.5 Å². The normalized spacial score (nSPS) is 15.3. The maximum Gasteiger partial charge on any atom is 0.586 e. The molecular weight excluding hydrogens is 262 g/mol. The van der Waals surface area contributed by atoms with Gasteiger partial charge in [0.2, 0.25) is 5.82 Å². The van der Waals surface area contributed by atoms with E-state index in [2.05, 4.69) is 30.0 Å². The number of fused-ring (bicyclic) bond motifs is 1. The van der Waals surface area contributed by atoms with Crippen LogP contribution in [-0.2, 0) is 0 Å². The van der Waals surface area contributed by atoms with Gasteiger partial charge >= 0.3 is 6.29 Å². The van der Waals surface area contributed by atoms with Crippen LogP contribution in [0.1, 0.15) is 10.6 Å². The number of nitrogens with zero attached hydrogens (tertiary/aromatic N) is 2. The smallest absolute Gasteiger partial charge is 0.395 e. The number of benzene rings is 1. The summed E-state index contributed by atoms with van der Waals surface area (Å²) < 4.78 is 34.1. The molecule has 7 nitrogen and oxygen atoms in total. The maximum atomic E-state index is 12.8. The third-order valence-electron chi connectivity index (χ3n) is 2.29. The van der Waals surface area contributed by atoms with E-state index in [9.17, 15) is 13.6 Å². The highest BCUT2D eigenvalue weighted by Gasteiger charge is 2.43. The minimum absolute atomic E-state index is 0.00277. The van der Waals surface area contributed by atoms with E-state index in [-0.39, 0.29) is 23.0 Å². The van der Waals surface area contributed by atoms with Gasteiger partial charge in [0.05, 0.1) is 0 Å². The van der Waals surface area contributed by atoms with Gasteiger partial charge in [-0.25, -0.2) is 4.98 Å². The van der Waals surface area contributed by atoms with E-state index in [0.29, 0.717) is 0 Å². The molecule has 0 atom stereocenters. The molecule has 1 aliphatic rings. The molecule has 9 heteroatoms. The number of carbonyl (C=O) groups excluding carboxylic acids is 1. The summed E-state index contributed by atoms with van der Waals surface area (Å²) in [5.74, 6) is -0.797. The molecule has 0 radical (unpaired) electrons. The number of alkyl halides is 2. The number of anilines is 1. The highest BCUT2D eigenvalue weighted by atomic mass is 19.3. The van der Waals surface area contributed by atoms with Crippen LogP contribution in [0.3, 0.4) is 0 Å². The number of amides is 1. The Bertz CT molecular complexity index is 630. The summed E-state index contributed by atoms with van der Waals surface area (Å²) in [4.78, 5) is 15.3. The van der Waals surface area contributed by atoms with Crippen LogP contribution in [0.4, 0.5) is 14.5 Å². The fraction of sp³-hybridized carbons (Fsp3) is 0.100. The standard InChI is InChI=1S/C10H6F2N4O3/c11-10(12)18-6-2-1-5(3-7(6)19-10)15-9(17)8-13-4-14-16-8/h1-4H,(H,15,17)(H,13,14,16). The molecule has 2 aromatic rings. The summed E-state index contributed by atoms with van der Waals surface area (Å²) in [6.07, 6.45) is -2.51. The number of nitrogens with one attached hydrogen (secondary N) is 2. The van der Waals surface area contributed by atoms with Crippen molar-refractivity contribution in [1.82, 2.24) is 15.2 Å². The Labute approximate surface area is 104 Å². The van der Waals surface area contributed by atoms with E-state index >= 15 is 0 Å². The summed E-state index contributed by atoms with van der Waals surface area (Å²) in [7, 11) is 0. The van der Waals surface area contributed by atoms with Crippen molar-refractivity contribution < 1.29 is 23.0 Å². The molecule has 2 N–H and O–H groups in total. The molecule has 0 spiro atoms. The highest BCUT2D eigenvalue weighted by Crippen LogP contribution is 2.42. The second kappa shape index (κ2) is 3.90. The Morgan fingerprint density at radius 2 is 2.11 bits per heavy atom. The van der Waals surface area contributed by atoms with E-state index in [4.69, 9.17) is 0 Å². The van der Waals surface area contributed by atoms with Gasteiger partial charge in [-0.1, -0.05) is 0 Å². The van der Waals surface area contributed by atoms with E-state index in [1.165, 1.54) is 24.5 Å². The predicted molar refractivity (Wildman–Crippen MR) is 57.0 cm³/mol. The van der Waals surface area contributed by atoms with Crippen LogP contribution in [-0.4, -0.2) is 27.4 Å². The predicted octanol–water partition coefficient (Wildman–Crippen LogP) is 1.38. The molecule has 1 aliphatic heterocycles. The number of aromatic amines is 1. The summed E-state index contributed by atoms with van der Waals surface area (Å²) in [5, 5.41) is 8.34. The van der Waals surface area contributed by atoms with Gasteiger partial charge in [-0.15, -0.1) is 8.78 Å². The fourth-order valence-corrected chi connectivity index (χ4v) is 1.53. The quantitative estimate of drug-likeness (QED) is 0.858. The van der Waals surface area contributed by atoms with E-state index in [0.717, 1.165) is 0 Å². The van der Waals surface area contributed by atoms with E-state index < -0.39 is 12.2 Å². The zero-order valence-corrected chi connectivity index (χ0v) is 9.18. The molecule has 1 aromatic heterocycles. The SMILES string of the molecule is O=C(Nc1ccc2c(c1)OC(F)(F)O2)c1ncn[nH]1. The van der Waals surface area contributed by atoms with Crippen molar-refractivity contribution in [1.29, 1.82) is 0 Å². The first-order valence-corrected chi connectivity index (χ1v) is 5.10. The Hall–Kier alpha value is -2.71. The Kier molecular flexibility index (Phi) is 2.34. The summed E-state index contributed by atoms with van der Waals surface area (Å²) in [5.41, 5.74) is 0.265. The van der Waals surface area contributed by atoms with Gasteiger partial charge in [0.1, 0.15) is 6.33 Å². The highest BCUT2D eigenvalue weighted by molar-refractivity contribution is 6.01. The van der Waals surface area contributed by atoms with Gasteiger partial charge < -0.3 is 14.8 Å². The van der Waals surface area contributed by atoms with Crippen molar-refractivity contribution >= 4 is 11.6 Å². The molecule has 0 saturated carbocycles. The second-order valence-electron chi connectivity index (χ2n) is 3.62. The molecule has 98 valence electrons. The molecule has 2 heterocycles. The molecule has 3 rings (SSSR count). The molecule has 0 aliphatic carbocycles. The largest absolute Gasteiger partial charge is 0.586 e. The van der Waals surface area contributed by atoms with Crippen LogP contribution in [0.5, 0.6) is 11.5 Å². The number of hydrogen-bond donors (Lipinski definition) is 2. The maximum absolute atomic E-state index is 12.8. The Balaban J connectivity index is 1.79. The summed E-state index contributed by atoms with van der Waals surface area (Å²) in [6.45, 7) is 0. The average molecular weight is 268 g/mol.